The van der Waals surface area contributed by atoms with Crippen LogP contribution in [0.4, 0.5) is 27.6 Å². The number of nitrogens with zero attached hydrogens (tertiary/aromatic N) is 3. The van der Waals surface area contributed by atoms with Gasteiger partial charge >= 0.3 is 6.18 Å². The predicted octanol–water partition coefficient (Wildman–Crippen LogP) is 5.49. The lowest BCUT2D eigenvalue weighted by Crippen LogP contribution is -2.17. The standard InChI is InChI=1S/C22H19F5N4OS/c1-21(6-3-7-33-21)17-11-31(12-29-17)20-16(23)9-14(10-28-20)30-18(32)8-13-4-2-5-15(19(13)24)22(25,26)27/h2,4-5,9-12H,3,6-8H2,1H3,(H,30,32). The van der Waals surface area contributed by atoms with Gasteiger partial charge in [-0.15, -0.1) is 11.8 Å². The van der Waals surface area contributed by atoms with E-state index in [1.807, 2.05) is 0 Å². The monoisotopic (exact) mass is 482 g/mol. The van der Waals surface area contributed by atoms with Crippen molar-refractivity contribution in [3.8, 4) is 5.82 Å². The Morgan fingerprint density at radius 2 is 2.06 bits per heavy atom. The first-order valence-electron chi connectivity index (χ1n) is 10.1. The Morgan fingerprint density at radius 1 is 1.27 bits per heavy atom. The van der Waals surface area contributed by atoms with E-state index < -0.39 is 41.3 Å². The van der Waals surface area contributed by atoms with E-state index in [-0.39, 0.29) is 16.3 Å². The summed E-state index contributed by atoms with van der Waals surface area (Å²) < 4.78 is 68.7. The van der Waals surface area contributed by atoms with Crippen LogP contribution in [0.15, 0.2) is 43.0 Å². The van der Waals surface area contributed by atoms with Crippen molar-refractivity contribution in [1.82, 2.24) is 14.5 Å². The van der Waals surface area contributed by atoms with Crippen LogP contribution in [0.25, 0.3) is 5.82 Å². The number of aromatic nitrogens is 3. The molecule has 174 valence electrons. The number of carbonyl (C=O) groups excluding carboxylic acids is 1. The average Bonchev–Trinajstić information content (AvgIpc) is 3.39. The van der Waals surface area contributed by atoms with Crippen molar-refractivity contribution >= 4 is 23.4 Å². The summed E-state index contributed by atoms with van der Waals surface area (Å²) in [6.07, 6.45) is 0.935. The summed E-state index contributed by atoms with van der Waals surface area (Å²) in [5.74, 6) is -2.02. The lowest BCUT2D eigenvalue weighted by molar-refractivity contribution is -0.140. The van der Waals surface area contributed by atoms with Crippen LogP contribution in [0.5, 0.6) is 0 Å². The Kier molecular flexibility index (Phi) is 6.17. The number of halogens is 5. The molecule has 5 nitrogen and oxygen atoms in total. The first-order chi connectivity index (χ1) is 15.6. The van der Waals surface area contributed by atoms with Crippen molar-refractivity contribution in [1.29, 1.82) is 0 Å². The maximum absolute atomic E-state index is 14.7. The van der Waals surface area contributed by atoms with Gasteiger partial charge in [-0.05, 0) is 37.1 Å². The molecule has 0 aliphatic carbocycles. The first kappa shape index (κ1) is 23.2. The van der Waals surface area contributed by atoms with Crippen LogP contribution in [0.3, 0.4) is 0 Å². The fourth-order valence-electron chi connectivity index (χ4n) is 3.70. The molecule has 0 saturated carbocycles. The number of imidazole rings is 1. The van der Waals surface area contributed by atoms with Crippen molar-refractivity contribution < 1.29 is 26.7 Å². The number of carbonyl (C=O) groups is 1. The Morgan fingerprint density at radius 3 is 2.73 bits per heavy atom. The molecule has 1 saturated heterocycles. The van der Waals surface area contributed by atoms with Crippen LogP contribution in [-0.4, -0.2) is 26.2 Å². The van der Waals surface area contributed by atoms with E-state index in [9.17, 15) is 26.7 Å². The normalized spacial score (nSPS) is 18.5. The molecule has 1 aromatic carbocycles. The smallest absolute Gasteiger partial charge is 0.324 e. The zero-order valence-electron chi connectivity index (χ0n) is 17.4. The third-order valence-corrected chi connectivity index (χ3v) is 6.97. The maximum atomic E-state index is 14.7. The molecule has 1 atom stereocenters. The fraction of sp³-hybridized carbons (Fsp3) is 0.318. The molecule has 0 bridgehead atoms. The third kappa shape index (κ3) is 4.87. The second-order valence-electron chi connectivity index (χ2n) is 7.88. The molecule has 1 unspecified atom stereocenters. The maximum Gasteiger partial charge on any atom is 0.419 e. The number of benzene rings is 1. The van der Waals surface area contributed by atoms with Gasteiger partial charge in [-0.3, -0.25) is 9.36 Å². The molecule has 0 spiro atoms. The molecule has 1 aliphatic heterocycles. The van der Waals surface area contributed by atoms with E-state index in [0.717, 1.165) is 42.5 Å². The van der Waals surface area contributed by atoms with E-state index >= 15 is 0 Å². The van der Waals surface area contributed by atoms with Gasteiger partial charge < -0.3 is 5.32 Å². The van der Waals surface area contributed by atoms with E-state index in [1.165, 1.54) is 17.1 Å². The summed E-state index contributed by atoms with van der Waals surface area (Å²) in [7, 11) is 0. The van der Waals surface area contributed by atoms with Crippen LogP contribution in [0, 0.1) is 11.6 Å². The van der Waals surface area contributed by atoms with E-state index in [2.05, 4.69) is 22.2 Å². The van der Waals surface area contributed by atoms with Crippen molar-refractivity contribution in [3.05, 3.63) is 71.4 Å². The lowest BCUT2D eigenvalue weighted by atomic mass is 10.0. The van der Waals surface area contributed by atoms with Gasteiger partial charge in [-0.2, -0.15) is 13.2 Å². The second kappa shape index (κ2) is 8.77. The first-order valence-corrected chi connectivity index (χ1v) is 11.0. The van der Waals surface area contributed by atoms with Crippen LogP contribution >= 0.6 is 11.8 Å². The summed E-state index contributed by atoms with van der Waals surface area (Å²) in [6.45, 7) is 2.09. The predicted molar refractivity (Wildman–Crippen MR) is 114 cm³/mol. The number of alkyl halides is 3. The van der Waals surface area contributed by atoms with Crippen molar-refractivity contribution in [2.75, 3.05) is 11.1 Å². The molecule has 4 rings (SSSR count). The molecule has 1 amide bonds. The minimum absolute atomic E-state index is 0.00715. The number of rotatable bonds is 5. The Hall–Kier alpha value is -2.95. The number of nitrogens with one attached hydrogen (secondary N) is 1. The molecule has 1 fully saturated rings. The zero-order valence-corrected chi connectivity index (χ0v) is 18.2. The Balaban J connectivity index is 1.47. The van der Waals surface area contributed by atoms with Gasteiger partial charge in [0.1, 0.15) is 12.1 Å². The molecule has 33 heavy (non-hydrogen) atoms. The van der Waals surface area contributed by atoms with Crippen molar-refractivity contribution in [2.45, 2.75) is 37.1 Å². The van der Waals surface area contributed by atoms with Crippen molar-refractivity contribution in [2.24, 2.45) is 0 Å². The molecule has 3 aromatic rings. The van der Waals surface area contributed by atoms with Gasteiger partial charge in [-0.1, -0.05) is 12.1 Å². The van der Waals surface area contributed by atoms with Crippen LogP contribution in [-0.2, 0) is 22.1 Å². The molecular weight excluding hydrogens is 463 g/mol. The summed E-state index contributed by atoms with van der Waals surface area (Å²) in [6, 6.07) is 3.75. The highest BCUT2D eigenvalue weighted by Crippen LogP contribution is 2.45. The molecule has 0 radical (unpaired) electrons. The zero-order chi connectivity index (χ0) is 23.8. The summed E-state index contributed by atoms with van der Waals surface area (Å²) in [4.78, 5) is 20.6. The van der Waals surface area contributed by atoms with Gasteiger partial charge in [0.15, 0.2) is 11.6 Å². The van der Waals surface area contributed by atoms with E-state index in [4.69, 9.17) is 0 Å². The number of hydrogen-bond acceptors (Lipinski definition) is 4. The number of anilines is 1. The SMILES string of the molecule is CC1(c2cn(-c3ncc(NC(=O)Cc4cccc(C(F)(F)F)c4F)cc3F)cn2)CCCS1. The molecule has 1 N–H and O–H groups in total. The molecule has 2 aromatic heterocycles. The topological polar surface area (TPSA) is 59.8 Å². The molecule has 11 heteroatoms. The molecule has 1 aliphatic rings. The highest BCUT2D eigenvalue weighted by molar-refractivity contribution is 8.00. The van der Waals surface area contributed by atoms with Gasteiger partial charge in [-0.25, -0.2) is 18.7 Å². The Labute approximate surface area is 190 Å². The third-order valence-electron chi connectivity index (χ3n) is 5.43. The lowest BCUT2D eigenvalue weighted by Gasteiger charge is -2.19. The summed E-state index contributed by atoms with van der Waals surface area (Å²) >= 11 is 1.80. The number of hydrogen-bond donors (Lipinski definition) is 1. The quantitative estimate of drug-likeness (QED) is 0.489. The van der Waals surface area contributed by atoms with Gasteiger partial charge in [0, 0.05) is 12.3 Å². The number of thioether (sulfide) groups is 1. The minimum Gasteiger partial charge on any atom is -0.324 e. The van der Waals surface area contributed by atoms with Crippen LogP contribution in [0.1, 0.15) is 36.6 Å². The number of amides is 1. The number of pyridine rings is 1. The van der Waals surface area contributed by atoms with Gasteiger partial charge in [0.25, 0.3) is 0 Å². The van der Waals surface area contributed by atoms with Crippen LogP contribution in [0.2, 0.25) is 0 Å². The molecule has 3 heterocycles. The van der Waals surface area contributed by atoms with Crippen LogP contribution < -0.4 is 5.32 Å². The highest BCUT2D eigenvalue weighted by atomic mass is 32.2. The Bertz CT molecular complexity index is 1190. The van der Waals surface area contributed by atoms with E-state index in [0.29, 0.717) is 6.07 Å². The molecular formula is C22H19F5N4OS. The largest absolute Gasteiger partial charge is 0.419 e. The highest BCUT2D eigenvalue weighted by Gasteiger charge is 2.35. The fourth-order valence-corrected chi connectivity index (χ4v) is 4.98. The van der Waals surface area contributed by atoms with E-state index in [1.54, 1.807) is 18.0 Å². The summed E-state index contributed by atoms with van der Waals surface area (Å²) in [5.41, 5.74) is -1.05. The summed E-state index contributed by atoms with van der Waals surface area (Å²) in [5, 5.41) is 2.33. The van der Waals surface area contributed by atoms with Gasteiger partial charge in [0.2, 0.25) is 5.91 Å². The second-order valence-corrected chi connectivity index (χ2v) is 9.48. The van der Waals surface area contributed by atoms with Crippen molar-refractivity contribution in [3.63, 3.8) is 0 Å². The minimum atomic E-state index is -4.87. The average molecular weight is 482 g/mol. The van der Waals surface area contributed by atoms with Gasteiger partial charge in [0.05, 0.1) is 34.3 Å².